The quantitative estimate of drug-likeness (QED) is 0.0184. The second-order valence-electron chi connectivity index (χ2n) is 16.1. The number of rotatable bonds is 34. The molecule has 2 rings (SSSR count). The van der Waals surface area contributed by atoms with Crippen LogP contribution in [0.4, 0.5) is 0 Å². The standard InChI is InChI=1S/C45H71N15O9S/c1-70-23-19-33(59-42(67)35(25-29-14-6-3-7-15-29)56-37(62)27-54-36(61)26-55-38(63)30(47)24-28-12-4-2-5-13-28)41(66)58-31(17-10-21-52-44(48)49)39(64)57-32(18-11-22-53-45(50)51)40(65)60-34(43(68)69)16-8-9-20-46/h2-7,12-15,30-35H,8-11,16-27,46-47H2,1H3,(H,54,61)(H,55,63)(H,56,62)(H,57,64)(H,58,66)(H,59,67)(H,60,65)(H,68,69)(H4,48,49,52)(H4,50,51,53). The van der Waals surface area contributed by atoms with Crippen LogP contribution in [0, 0.1) is 0 Å². The number of thioether (sulfide) groups is 1. The number of guanidine groups is 2. The van der Waals surface area contributed by atoms with Gasteiger partial charge in [-0.25, -0.2) is 4.79 Å². The van der Waals surface area contributed by atoms with Gasteiger partial charge < -0.3 is 76.7 Å². The summed E-state index contributed by atoms with van der Waals surface area (Å²) in [6, 6.07) is 10.5. The first kappa shape index (κ1) is 59.1. The van der Waals surface area contributed by atoms with E-state index in [4.69, 9.17) is 34.4 Å². The van der Waals surface area contributed by atoms with Crippen LogP contribution in [0.15, 0.2) is 70.6 Å². The highest BCUT2D eigenvalue weighted by Crippen LogP contribution is 2.10. The Morgan fingerprint density at radius 3 is 1.46 bits per heavy atom. The van der Waals surface area contributed by atoms with Crippen molar-refractivity contribution in [1.29, 1.82) is 0 Å². The molecule has 24 nitrogen and oxygen atoms in total. The molecule has 6 unspecified atom stereocenters. The Morgan fingerprint density at radius 1 is 0.543 bits per heavy atom. The summed E-state index contributed by atoms with van der Waals surface area (Å²) in [7, 11) is 0. The second kappa shape index (κ2) is 33.5. The van der Waals surface area contributed by atoms with Crippen LogP contribution < -0.4 is 71.6 Å². The van der Waals surface area contributed by atoms with Crippen molar-refractivity contribution in [2.75, 3.05) is 44.7 Å². The number of nitrogens with two attached hydrogens (primary N) is 6. The highest BCUT2D eigenvalue weighted by Gasteiger charge is 2.32. The fourth-order valence-electron chi connectivity index (χ4n) is 6.69. The van der Waals surface area contributed by atoms with E-state index < -0.39 is 96.7 Å². The number of carbonyl (C=O) groups excluding carboxylic acids is 7. The van der Waals surface area contributed by atoms with Gasteiger partial charge in [0.2, 0.25) is 41.4 Å². The number of carboxylic acid groups (broad SMARTS) is 1. The highest BCUT2D eigenvalue weighted by molar-refractivity contribution is 7.98. The summed E-state index contributed by atoms with van der Waals surface area (Å²) in [4.78, 5) is 114. The predicted octanol–water partition coefficient (Wildman–Crippen LogP) is -3.47. The van der Waals surface area contributed by atoms with Gasteiger partial charge in [-0.15, -0.1) is 0 Å². The zero-order chi connectivity index (χ0) is 51.8. The lowest BCUT2D eigenvalue weighted by atomic mass is 10.0. The molecule has 2 aromatic rings. The Kier molecular flexibility index (Phi) is 28.3. The molecule has 0 radical (unpaired) electrons. The van der Waals surface area contributed by atoms with E-state index in [9.17, 15) is 43.5 Å². The number of nitrogens with zero attached hydrogens (tertiary/aromatic N) is 2. The number of benzene rings is 2. The highest BCUT2D eigenvalue weighted by atomic mass is 32.2. The third kappa shape index (κ3) is 24.9. The molecule has 386 valence electrons. The number of amides is 7. The van der Waals surface area contributed by atoms with E-state index >= 15 is 0 Å². The van der Waals surface area contributed by atoms with Gasteiger partial charge in [0.1, 0.15) is 30.2 Å². The molecule has 0 saturated carbocycles. The van der Waals surface area contributed by atoms with Crippen molar-refractivity contribution in [1.82, 2.24) is 37.2 Å². The van der Waals surface area contributed by atoms with Crippen molar-refractivity contribution >= 4 is 71.0 Å². The summed E-state index contributed by atoms with van der Waals surface area (Å²) in [6.45, 7) is -0.545. The number of hydrogen-bond donors (Lipinski definition) is 14. The first-order valence-electron chi connectivity index (χ1n) is 22.8. The number of hydrogen-bond acceptors (Lipinski definition) is 13. The summed E-state index contributed by atoms with van der Waals surface area (Å²) in [5, 5.41) is 27.8. The average Bonchev–Trinajstić information content (AvgIpc) is 3.32. The topological polar surface area (TPSA) is 422 Å². The van der Waals surface area contributed by atoms with Crippen molar-refractivity contribution in [3.05, 3.63) is 71.8 Å². The molecule has 70 heavy (non-hydrogen) atoms. The van der Waals surface area contributed by atoms with E-state index in [-0.39, 0.29) is 76.4 Å². The number of carboxylic acids is 1. The van der Waals surface area contributed by atoms with E-state index in [0.29, 0.717) is 30.7 Å². The third-order valence-electron chi connectivity index (χ3n) is 10.4. The van der Waals surface area contributed by atoms with Crippen LogP contribution in [0.3, 0.4) is 0 Å². The summed E-state index contributed by atoms with van der Waals surface area (Å²) in [5.41, 5.74) is 35.0. The molecule has 20 N–H and O–H groups in total. The lowest BCUT2D eigenvalue weighted by Crippen LogP contribution is -2.59. The third-order valence-corrected chi connectivity index (χ3v) is 11.0. The maximum Gasteiger partial charge on any atom is 0.326 e. The molecule has 0 saturated heterocycles. The zero-order valence-corrected chi connectivity index (χ0v) is 40.3. The number of aliphatic carboxylic acids is 1. The molecule has 0 spiro atoms. The van der Waals surface area contributed by atoms with Gasteiger partial charge in [-0.3, -0.25) is 43.5 Å². The van der Waals surface area contributed by atoms with Crippen LogP contribution in [-0.4, -0.2) is 145 Å². The Labute approximate surface area is 411 Å². The van der Waals surface area contributed by atoms with Gasteiger partial charge in [0.15, 0.2) is 11.9 Å². The predicted molar refractivity (Wildman–Crippen MR) is 267 cm³/mol. The molecule has 25 heteroatoms. The van der Waals surface area contributed by atoms with Gasteiger partial charge >= 0.3 is 5.97 Å². The Bertz CT molecular complexity index is 2040. The molecule has 0 heterocycles. The van der Waals surface area contributed by atoms with Crippen LogP contribution in [0.5, 0.6) is 0 Å². The van der Waals surface area contributed by atoms with Gasteiger partial charge in [0, 0.05) is 19.5 Å². The van der Waals surface area contributed by atoms with Crippen LogP contribution in [0.1, 0.15) is 62.5 Å². The smallest absolute Gasteiger partial charge is 0.326 e. The molecule has 0 aliphatic rings. The first-order chi connectivity index (χ1) is 33.4. The maximum absolute atomic E-state index is 14.2. The molecule has 0 fully saturated rings. The molecular formula is C45H71N15O9S. The minimum absolute atomic E-state index is 0.0171. The van der Waals surface area contributed by atoms with E-state index in [0.717, 1.165) is 5.56 Å². The van der Waals surface area contributed by atoms with Crippen molar-refractivity contribution in [3.63, 3.8) is 0 Å². The van der Waals surface area contributed by atoms with E-state index in [1.807, 2.05) is 30.3 Å². The number of unbranched alkanes of at least 4 members (excludes halogenated alkanes) is 1. The fourth-order valence-corrected chi connectivity index (χ4v) is 7.17. The van der Waals surface area contributed by atoms with Crippen LogP contribution in [0.25, 0.3) is 0 Å². The van der Waals surface area contributed by atoms with Gasteiger partial charge in [-0.1, -0.05) is 60.7 Å². The van der Waals surface area contributed by atoms with Crippen LogP contribution in [-0.2, 0) is 51.2 Å². The number of aliphatic imine (C=N–C) groups is 2. The van der Waals surface area contributed by atoms with Gasteiger partial charge in [0.05, 0.1) is 19.1 Å². The van der Waals surface area contributed by atoms with E-state index in [2.05, 4.69) is 47.2 Å². The molecule has 0 aliphatic carbocycles. The normalized spacial score (nSPS) is 13.3. The summed E-state index contributed by atoms with van der Waals surface area (Å²) in [6.07, 6.45) is 3.43. The first-order valence-corrected chi connectivity index (χ1v) is 24.2. The average molecular weight is 998 g/mol. The van der Waals surface area contributed by atoms with Gasteiger partial charge in [-0.2, -0.15) is 11.8 Å². The minimum Gasteiger partial charge on any atom is -0.480 e. The van der Waals surface area contributed by atoms with Crippen molar-refractivity contribution in [2.24, 2.45) is 44.4 Å². The van der Waals surface area contributed by atoms with Crippen molar-refractivity contribution in [3.8, 4) is 0 Å². The zero-order valence-electron chi connectivity index (χ0n) is 39.5. The lowest BCUT2D eigenvalue weighted by Gasteiger charge is -2.27. The SMILES string of the molecule is CSCCC(NC(=O)C(Cc1ccccc1)NC(=O)CNC(=O)CNC(=O)C(N)Cc1ccccc1)C(=O)NC(CCCN=C(N)N)C(=O)NC(CCCN=C(N)N)C(=O)NC(CCCCN)C(=O)O. The fraction of sp³-hybridized carbons (Fsp3) is 0.511. The largest absolute Gasteiger partial charge is 0.480 e. The molecule has 7 amide bonds. The van der Waals surface area contributed by atoms with Crippen molar-refractivity contribution < 1.29 is 43.5 Å². The van der Waals surface area contributed by atoms with E-state index in [1.165, 1.54) is 11.8 Å². The summed E-state index contributed by atoms with van der Waals surface area (Å²) in [5.74, 6) is -6.44. The van der Waals surface area contributed by atoms with E-state index in [1.54, 1.807) is 36.6 Å². The summed E-state index contributed by atoms with van der Waals surface area (Å²) >= 11 is 1.38. The Morgan fingerprint density at radius 2 is 0.986 bits per heavy atom. The molecule has 0 aromatic heterocycles. The van der Waals surface area contributed by atoms with Crippen molar-refractivity contribution in [2.45, 2.75) is 100 Å². The monoisotopic (exact) mass is 998 g/mol. The molecule has 2 aromatic carbocycles. The molecular weight excluding hydrogens is 927 g/mol. The Balaban J connectivity index is 2.29. The minimum atomic E-state index is -1.32. The lowest BCUT2D eigenvalue weighted by molar-refractivity contribution is -0.142. The van der Waals surface area contributed by atoms with Gasteiger partial charge in [-0.05, 0) is 87.5 Å². The number of nitrogens with one attached hydrogen (secondary N) is 7. The number of carbonyl (C=O) groups is 8. The summed E-state index contributed by atoms with van der Waals surface area (Å²) < 4.78 is 0. The van der Waals surface area contributed by atoms with Crippen LogP contribution in [0.2, 0.25) is 0 Å². The van der Waals surface area contributed by atoms with Crippen LogP contribution >= 0.6 is 11.8 Å². The molecule has 6 atom stereocenters. The molecule has 0 aliphatic heterocycles. The van der Waals surface area contributed by atoms with Gasteiger partial charge in [0.25, 0.3) is 0 Å². The second-order valence-corrected chi connectivity index (χ2v) is 17.1. The maximum atomic E-state index is 14.2. The Hall–Kier alpha value is -6.99. The molecule has 0 bridgehead atoms.